The summed E-state index contributed by atoms with van der Waals surface area (Å²) >= 11 is 0. The number of nitrogens with zero attached hydrogens (tertiary/aromatic N) is 1. The van der Waals surface area contributed by atoms with Gasteiger partial charge in [-0.05, 0) is 61.4 Å². The Bertz CT molecular complexity index is 811. The van der Waals surface area contributed by atoms with Gasteiger partial charge in [-0.3, -0.25) is 0 Å². The quantitative estimate of drug-likeness (QED) is 0.623. The third kappa shape index (κ3) is 3.70. The lowest BCUT2D eigenvalue weighted by molar-refractivity contribution is 0.414. The molecule has 1 saturated carbocycles. The average molecular weight is 362 g/mol. The highest BCUT2D eigenvalue weighted by atomic mass is 16.5. The molecule has 0 saturated heterocycles. The zero-order chi connectivity index (χ0) is 18.6. The number of hydrogen-bond acceptors (Lipinski definition) is 3. The van der Waals surface area contributed by atoms with Crippen LogP contribution < -0.4 is 9.47 Å². The van der Waals surface area contributed by atoms with Crippen molar-refractivity contribution >= 4 is 0 Å². The summed E-state index contributed by atoms with van der Waals surface area (Å²) in [5.41, 5.74) is 4.29. The molecule has 0 bridgehead atoms. The zero-order valence-corrected chi connectivity index (χ0v) is 16.0. The molecule has 0 radical (unpaired) electrons. The van der Waals surface area contributed by atoms with Crippen LogP contribution in [0.15, 0.2) is 48.5 Å². The van der Waals surface area contributed by atoms with Gasteiger partial charge in [0.15, 0.2) is 0 Å². The van der Waals surface area contributed by atoms with Gasteiger partial charge in [-0.2, -0.15) is 0 Å². The van der Waals surface area contributed by atoms with Gasteiger partial charge in [0.05, 0.1) is 25.6 Å². The summed E-state index contributed by atoms with van der Waals surface area (Å²) in [6, 6.07) is 16.3. The van der Waals surface area contributed by atoms with Crippen molar-refractivity contribution in [3.8, 4) is 34.0 Å². The van der Waals surface area contributed by atoms with Crippen LogP contribution in [0.5, 0.6) is 11.5 Å². The van der Waals surface area contributed by atoms with E-state index in [1.165, 1.54) is 32.1 Å². The van der Waals surface area contributed by atoms with Crippen LogP contribution in [-0.4, -0.2) is 24.2 Å². The normalized spacial score (nSPS) is 14.9. The summed E-state index contributed by atoms with van der Waals surface area (Å²) in [5, 5.41) is 0. The number of aromatic amines is 1. The van der Waals surface area contributed by atoms with Gasteiger partial charge in [-0.1, -0.05) is 19.3 Å². The Balaban J connectivity index is 1.77. The standard InChI is InChI=1S/C23H26N2O2/c1-26-19-12-8-16(9-13-19)21-22(17-10-14-20(27-2)15-11-17)25-23(24-21)18-6-4-3-5-7-18/h8-15,18H,3-7H2,1-2H3,(H,24,25). The van der Waals surface area contributed by atoms with E-state index in [0.717, 1.165) is 39.8 Å². The van der Waals surface area contributed by atoms with E-state index in [4.69, 9.17) is 14.5 Å². The minimum absolute atomic E-state index is 0.530. The Hall–Kier alpha value is -2.75. The molecule has 1 N–H and O–H groups in total. The van der Waals surface area contributed by atoms with Crippen molar-refractivity contribution in [3.05, 3.63) is 54.4 Å². The fourth-order valence-corrected chi connectivity index (χ4v) is 3.89. The van der Waals surface area contributed by atoms with Crippen molar-refractivity contribution in [3.63, 3.8) is 0 Å². The summed E-state index contributed by atoms with van der Waals surface area (Å²) in [4.78, 5) is 8.70. The van der Waals surface area contributed by atoms with Crippen molar-refractivity contribution < 1.29 is 9.47 Å². The zero-order valence-electron chi connectivity index (χ0n) is 16.0. The predicted octanol–water partition coefficient (Wildman–Crippen LogP) is 5.81. The molecule has 1 heterocycles. The molecule has 4 rings (SSSR count). The molecule has 2 aromatic carbocycles. The molecule has 3 aromatic rings. The Kier molecular flexibility index (Phi) is 5.14. The van der Waals surface area contributed by atoms with Crippen LogP contribution in [-0.2, 0) is 0 Å². The van der Waals surface area contributed by atoms with Crippen LogP contribution >= 0.6 is 0 Å². The maximum Gasteiger partial charge on any atom is 0.118 e. The SMILES string of the molecule is COc1ccc(-c2nc(C3CCCCC3)[nH]c2-c2ccc(OC)cc2)cc1. The molecule has 1 aliphatic carbocycles. The minimum atomic E-state index is 0.530. The lowest BCUT2D eigenvalue weighted by Crippen LogP contribution is -2.06. The first kappa shape index (κ1) is 17.7. The highest BCUT2D eigenvalue weighted by Gasteiger charge is 2.22. The smallest absolute Gasteiger partial charge is 0.118 e. The third-order valence-corrected chi connectivity index (χ3v) is 5.46. The minimum Gasteiger partial charge on any atom is -0.497 e. The van der Waals surface area contributed by atoms with Crippen molar-refractivity contribution in [2.24, 2.45) is 0 Å². The molecular weight excluding hydrogens is 336 g/mol. The van der Waals surface area contributed by atoms with E-state index in [2.05, 4.69) is 29.2 Å². The Morgan fingerprint density at radius 1 is 0.778 bits per heavy atom. The van der Waals surface area contributed by atoms with Gasteiger partial charge < -0.3 is 14.5 Å². The summed E-state index contributed by atoms with van der Waals surface area (Å²) in [6.07, 6.45) is 6.37. The van der Waals surface area contributed by atoms with E-state index in [-0.39, 0.29) is 0 Å². The van der Waals surface area contributed by atoms with Crippen LogP contribution in [0.3, 0.4) is 0 Å². The fraction of sp³-hybridized carbons (Fsp3) is 0.348. The highest BCUT2D eigenvalue weighted by Crippen LogP contribution is 2.37. The number of rotatable bonds is 5. The lowest BCUT2D eigenvalue weighted by Gasteiger charge is -2.19. The van der Waals surface area contributed by atoms with E-state index >= 15 is 0 Å². The van der Waals surface area contributed by atoms with Gasteiger partial charge in [0.25, 0.3) is 0 Å². The van der Waals surface area contributed by atoms with E-state index in [0.29, 0.717) is 5.92 Å². The maximum absolute atomic E-state index is 5.31. The molecule has 4 heteroatoms. The van der Waals surface area contributed by atoms with E-state index in [1.807, 2.05) is 24.3 Å². The van der Waals surface area contributed by atoms with Crippen LogP contribution in [0.4, 0.5) is 0 Å². The first-order valence-corrected chi connectivity index (χ1v) is 9.67. The number of H-pyrrole nitrogens is 1. The monoisotopic (exact) mass is 362 g/mol. The Labute approximate surface area is 160 Å². The van der Waals surface area contributed by atoms with Crippen molar-refractivity contribution in [1.82, 2.24) is 9.97 Å². The Morgan fingerprint density at radius 3 is 1.89 bits per heavy atom. The van der Waals surface area contributed by atoms with Crippen LogP contribution in [0.1, 0.15) is 43.8 Å². The molecule has 4 nitrogen and oxygen atoms in total. The summed E-state index contributed by atoms with van der Waals surface area (Å²) < 4.78 is 10.6. The topological polar surface area (TPSA) is 47.1 Å². The second-order valence-electron chi connectivity index (χ2n) is 7.14. The van der Waals surface area contributed by atoms with Crippen molar-refractivity contribution in [1.29, 1.82) is 0 Å². The fourth-order valence-electron chi connectivity index (χ4n) is 3.89. The van der Waals surface area contributed by atoms with E-state index in [1.54, 1.807) is 14.2 Å². The molecule has 0 atom stereocenters. The van der Waals surface area contributed by atoms with Crippen LogP contribution in [0.2, 0.25) is 0 Å². The predicted molar refractivity (Wildman–Crippen MR) is 108 cm³/mol. The number of ether oxygens (including phenoxy) is 2. The molecule has 1 aliphatic rings. The average Bonchev–Trinajstić information content (AvgIpc) is 3.20. The van der Waals surface area contributed by atoms with Gasteiger partial charge in [-0.15, -0.1) is 0 Å². The molecule has 0 spiro atoms. The van der Waals surface area contributed by atoms with Gasteiger partial charge in [0.2, 0.25) is 0 Å². The number of aromatic nitrogens is 2. The van der Waals surface area contributed by atoms with Crippen molar-refractivity contribution in [2.75, 3.05) is 14.2 Å². The van der Waals surface area contributed by atoms with Crippen LogP contribution in [0.25, 0.3) is 22.5 Å². The molecule has 27 heavy (non-hydrogen) atoms. The summed E-state index contributed by atoms with van der Waals surface area (Å²) in [5.74, 6) is 3.36. The molecule has 0 amide bonds. The Morgan fingerprint density at radius 2 is 1.33 bits per heavy atom. The highest BCUT2D eigenvalue weighted by molar-refractivity contribution is 5.79. The lowest BCUT2D eigenvalue weighted by atomic mass is 9.89. The molecule has 1 fully saturated rings. The van der Waals surface area contributed by atoms with Crippen molar-refractivity contribution in [2.45, 2.75) is 38.0 Å². The number of nitrogens with one attached hydrogen (secondary N) is 1. The van der Waals surface area contributed by atoms with E-state index < -0.39 is 0 Å². The van der Waals surface area contributed by atoms with Gasteiger partial charge in [0, 0.05) is 17.0 Å². The molecule has 0 unspecified atom stereocenters. The molecule has 0 aliphatic heterocycles. The first-order chi connectivity index (χ1) is 13.3. The molecule has 140 valence electrons. The van der Waals surface area contributed by atoms with Gasteiger partial charge in [-0.25, -0.2) is 4.98 Å². The van der Waals surface area contributed by atoms with E-state index in [9.17, 15) is 0 Å². The van der Waals surface area contributed by atoms with Gasteiger partial charge >= 0.3 is 0 Å². The van der Waals surface area contributed by atoms with Crippen LogP contribution in [0, 0.1) is 0 Å². The molecular formula is C23H26N2O2. The number of methoxy groups -OCH3 is 2. The number of imidazole rings is 1. The third-order valence-electron chi connectivity index (χ3n) is 5.46. The maximum atomic E-state index is 5.31. The number of benzene rings is 2. The van der Waals surface area contributed by atoms with Gasteiger partial charge in [0.1, 0.15) is 17.3 Å². The number of hydrogen-bond donors (Lipinski definition) is 1. The first-order valence-electron chi connectivity index (χ1n) is 9.67. The largest absolute Gasteiger partial charge is 0.497 e. The second kappa shape index (κ2) is 7.87. The molecule has 1 aromatic heterocycles. The summed E-state index contributed by atoms with van der Waals surface area (Å²) in [6.45, 7) is 0. The summed E-state index contributed by atoms with van der Waals surface area (Å²) in [7, 11) is 3.38. The second-order valence-corrected chi connectivity index (χ2v) is 7.14.